The van der Waals surface area contributed by atoms with E-state index in [4.69, 9.17) is 17.3 Å². The molecule has 0 spiro atoms. The number of nitrogens with zero attached hydrogens (tertiary/aromatic N) is 3. The molecule has 3 aromatic rings. The summed E-state index contributed by atoms with van der Waals surface area (Å²) >= 11 is 5.95. The van der Waals surface area contributed by atoms with Gasteiger partial charge in [-0.2, -0.15) is 0 Å². The molecule has 1 aromatic carbocycles. The Labute approximate surface area is 188 Å². The molecule has 2 fully saturated rings. The van der Waals surface area contributed by atoms with Gasteiger partial charge < -0.3 is 21.3 Å². The Morgan fingerprint density at radius 1 is 1.19 bits per heavy atom. The zero-order chi connectivity index (χ0) is 22.4. The summed E-state index contributed by atoms with van der Waals surface area (Å²) in [5.41, 5.74) is 7.32. The third kappa shape index (κ3) is 3.64. The number of likely N-dealkylation sites (tertiary alicyclic amines) is 1. The first-order valence-electron chi connectivity index (χ1n) is 10.3. The van der Waals surface area contributed by atoms with Gasteiger partial charge >= 0.3 is 12.1 Å². The number of benzene rings is 1. The Kier molecular flexibility index (Phi) is 4.97. The number of primary amides is 1. The van der Waals surface area contributed by atoms with Crippen molar-refractivity contribution in [1.29, 1.82) is 0 Å². The lowest BCUT2D eigenvalue weighted by Crippen LogP contribution is -2.49. The van der Waals surface area contributed by atoms with E-state index in [0.29, 0.717) is 34.0 Å². The highest BCUT2D eigenvalue weighted by molar-refractivity contribution is 6.30. The largest absolute Gasteiger partial charge is 0.351 e. The van der Waals surface area contributed by atoms with Crippen LogP contribution in [0.1, 0.15) is 18.4 Å². The fraction of sp³-hybridized carbons (Fsp3) is 0.273. The molecule has 4 amide bonds. The maximum atomic E-state index is 13.2. The van der Waals surface area contributed by atoms with Crippen LogP contribution in [0.15, 0.2) is 48.9 Å². The summed E-state index contributed by atoms with van der Waals surface area (Å²) in [5.74, 6) is 0.114. The monoisotopic (exact) mass is 452 g/mol. The summed E-state index contributed by atoms with van der Waals surface area (Å²) in [5, 5.41) is 6.95. The van der Waals surface area contributed by atoms with E-state index in [9.17, 15) is 14.4 Å². The Balaban J connectivity index is 1.32. The molecule has 2 aromatic heterocycles. The predicted molar refractivity (Wildman–Crippen MR) is 119 cm³/mol. The number of urea groups is 1. The van der Waals surface area contributed by atoms with E-state index < -0.39 is 12.1 Å². The average molecular weight is 453 g/mol. The number of carbonyl (C=O) groups is 3. The van der Waals surface area contributed by atoms with Crippen molar-refractivity contribution < 1.29 is 14.4 Å². The molecular weight excluding hydrogens is 432 g/mol. The van der Waals surface area contributed by atoms with E-state index in [1.807, 2.05) is 6.07 Å². The second-order valence-corrected chi connectivity index (χ2v) is 8.59. The van der Waals surface area contributed by atoms with Gasteiger partial charge in [-0.25, -0.2) is 9.59 Å². The first kappa shape index (κ1) is 20.3. The first-order chi connectivity index (χ1) is 15.4. The molecule has 1 aliphatic heterocycles. The Hall–Kier alpha value is -3.59. The van der Waals surface area contributed by atoms with Crippen LogP contribution >= 0.6 is 11.6 Å². The maximum absolute atomic E-state index is 13.2. The minimum Gasteiger partial charge on any atom is -0.351 e. The highest BCUT2D eigenvalue weighted by Crippen LogP contribution is 2.48. The van der Waals surface area contributed by atoms with Gasteiger partial charge in [-0.05, 0) is 36.5 Å². The standard InChI is InChI=1S/C22H21ClN6O3/c23-14-5-12(8-25-10-14)9-26-20(30)19-7-13-6-18(13)29(19)22(32)27-16-11-28(21(24)31)17-4-2-1-3-15(16)17/h1-5,8,10-11,13,18-19H,6-7,9H2,(H2,24,31)(H,26,30)(H,27,32)/t13-,18-,19+/m1/s1. The zero-order valence-corrected chi connectivity index (χ0v) is 17.7. The van der Waals surface area contributed by atoms with E-state index in [1.54, 1.807) is 35.4 Å². The number of aromatic nitrogens is 2. The van der Waals surface area contributed by atoms with E-state index in [-0.39, 0.29) is 24.5 Å². The van der Waals surface area contributed by atoms with E-state index in [1.165, 1.54) is 17.0 Å². The van der Waals surface area contributed by atoms with Crippen molar-refractivity contribution >= 4 is 46.2 Å². The summed E-state index contributed by atoms with van der Waals surface area (Å²) in [6.45, 7) is 0.278. The number of para-hydroxylation sites is 1. The van der Waals surface area contributed by atoms with Gasteiger partial charge in [0.25, 0.3) is 0 Å². The first-order valence-corrected chi connectivity index (χ1v) is 10.7. The number of pyridine rings is 1. The normalized spacial score (nSPS) is 21.3. The molecule has 3 atom stereocenters. The second-order valence-electron chi connectivity index (χ2n) is 8.15. The number of hydrogen-bond acceptors (Lipinski definition) is 4. The molecule has 4 N–H and O–H groups in total. The van der Waals surface area contributed by atoms with Gasteiger partial charge in [0.2, 0.25) is 5.91 Å². The van der Waals surface area contributed by atoms with Crippen LogP contribution < -0.4 is 16.4 Å². The van der Waals surface area contributed by atoms with Crippen molar-refractivity contribution in [1.82, 2.24) is 19.8 Å². The number of hydrogen-bond donors (Lipinski definition) is 3. The molecule has 10 heteroatoms. The van der Waals surface area contributed by atoms with Gasteiger partial charge in [0.1, 0.15) is 6.04 Å². The van der Waals surface area contributed by atoms with Crippen LogP contribution in [0.2, 0.25) is 5.02 Å². The SMILES string of the molecule is NC(=O)n1cc(NC(=O)N2[C@@H]3C[C@@H]3C[C@H]2C(=O)NCc2cncc(Cl)c2)c2ccccc21. The molecule has 164 valence electrons. The lowest BCUT2D eigenvalue weighted by Gasteiger charge is -2.27. The number of amides is 4. The van der Waals surface area contributed by atoms with Crippen molar-refractivity contribution in [2.45, 2.75) is 31.5 Å². The van der Waals surface area contributed by atoms with Crippen molar-refractivity contribution in [2.75, 3.05) is 5.32 Å². The van der Waals surface area contributed by atoms with E-state index in [0.717, 1.165) is 12.0 Å². The molecule has 9 nitrogen and oxygen atoms in total. The Bertz CT molecular complexity index is 1240. The summed E-state index contributed by atoms with van der Waals surface area (Å²) in [6, 6.07) is 7.37. The van der Waals surface area contributed by atoms with Crippen LogP contribution in [0.25, 0.3) is 10.9 Å². The molecular formula is C22H21ClN6O3. The molecule has 0 unspecified atom stereocenters. The van der Waals surface area contributed by atoms with Crippen molar-refractivity contribution in [3.63, 3.8) is 0 Å². The predicted octanol–water partition coefficient (Wildman–Crippen LogP) is 2.93. The molecule has 2 aliphatic rings. The number of nitrogens with two attached hydrogens (primary N) is 1. The van der Waals surface area contributed by atoms with Gasteiger partial charge in [-0.15, -0.1) is 0 Å². The summed E-state index contributed by atoms with van der Waals surface area (Å²) in [6.07, 6.45) is 6.18. The minimum absolute atomic E-state index is 0.0445. The van der Waals surface area contributed by atoms with Crippen LogP contribution in [0, 0.1) is 5.92 Å². The van der Waals surface area contributed by atoms with Crippen LogP contribution in [0.3, 0.4) is 0 Å². The number of halogens is 1. The van der Waals surface area contributed by atoms with Crippen LogP contribution in [-0.4, -0.2) is 44.5 Å². The molecule has 0 bridgehead atoms. The summed E-state index contributed by atoms with van der Waals surface area (Å²) in [7, 11) is 0. The van der Waals surface area contributed by atoms with Gasteiger partial charge in [0.15, 0.2) is 0 Å². The summed E-state index contributed by atoms with van der Waals surface area (Å²) < 4.78 is 1.29. The van der Waals surface area contributed by atoms with Crippen molar-refractivity contribution in [2.24, 2.45) is 11.7 Å². The average Bonchev–Trinajstić information content (AvgIpc) is 3.28. The zero-order valence-electron chi connectivity index (χ0n) is 17.0. The molecule has 0 radical (unpaired) electrons. The van der Waals surface area contributed by atoms with Crippen molar-refractivity contribution in [3.8, 4) is 0 Å². The number of anilines is 1. The number of fused-ring (bicyclic) bond motifs is 2. The third-order valence-corrected chi connectivity index (χ3v) is 6.27. The molecule has 32 heavy (non-hydrogen) atoms. The third-order valence-electron chi connectivity index (χ3n) is 6.06. The molecule has 1 saturated heterocycles. The van der Waals surface area contributed by atoms with Crippen LogP contribution in [0.4, 0.5) is 15.3 Å². The fourth-order valence-corrected chi connectivity index (χ4v) is 4.68. The number of carbonyl (C=O) groups excluding carboxylic acids is 3. The van der Waals surface area contributed by atoms with Crippen molar-refractivity contribution in [3.05, 3.63) is 59.5 Å². The Morgan fingerprint density at radius 3 is 2.78 bits per heavy atom. The minimum atomic E-state index is -0.641. The lowest BCUT2D eigenvalue weighted by molar-refractivity contribution is -0.125. The second kappa shape index (κ2) is 7.83. The number of nitrogens with one attached hydrogen (secondary N) is 2. The lowest BCUT2D eigenvalue weighted by atomic mass is 10.1. The molecule has 5 rings (SSSR count). The van der Waals surface area contributed by atoms with Crippen LogP contribution in [0.5, 0.6) is 0 Å². The highest BCUT2D eigenvalue weighted by atomic mass is 35.5. The van der Waals surface area contributed by atoms with Gasteiger partial charge in [0, 0.05) is 36.6 Å². The van der Waals surface area contributed by atoms with E-state index >= 15 is 0 Å². The number of rotatable bonds is 4. The maximum Gasteiger partial charge on any atom is 0.323 e. The summed E-state index contributed by atoms with van der Waals surface area (Å²) in [4.78, 5) is 43.5. The fourth-order valence-electron chi connectivity index (χ4n) is 4.48. The topological polar surface area (TPSA) is 122 Å². The highest BCUT2D eigenvalue weighted by Gasteiger charge is 2.56. The molecule has 1 aliphatic carbocycles. The van der Waals surface area contributed by atoms with Gasteiger partial charge in [-0.3, -0.25) is 14.3 Å². The van der Waals surface area contributed by atoms with E-state index in [2.05, 4.69) is 15.6 Å². The number of piperidine rings is 1. The quantitative estimate of drug-likeness (QED) is 0.563. The Morgan fingerprint density at radius 2 is 2.00 bits per heavy atom. The van der Waals surface area contributed by atoms with Gasteiger partial charge in [0.05, 0.1) is 16.2 Å². The van der Waals surface area contributed by atoms with Crippen LogP contribution in [-0.2, 0) is 11.3 Å². The molecule has 3 heterocycles. The molecule has 1 saturated carbocycles. The smallest absolute Gasteiger partial charge is 0.323 e. The van der Waals surface area contributed by atoms with Gasteiger partial charge in [-0.1, -0.05) is 29.8 Å².